The van der Waals surface area contributed by atoms with Gasteiger partial charge in [-0.25, -0.2) is 0 Å². The summed E-state index contributed by atoms with van der Waals surface area (Å²) in [6.07, 6.45) is 6.86. The van der Waals surface area contributed by atoms with E-state index in [9.17, 15) is 4.79 Å². The highest BCUT2D eigenvalue weighted by Gasteiger charge is 2.48. The molecule has 15 heavy (non-hydrogen) atoms. The number of hydrogen-bond acceptors (Lipinski definition) is 2. The lowest BCUT2D eigenvalue weighted by Crippen LogP contribution is -2.39. The van der Waals surface area contributed by atoms with E-state index in [1.54, 1.807) is 0 Å². The zero-order valence-electron chi connectivity index (χ0n) is 9.66. The molecule has 2 fully saturated rings. The van der Waals surface area contributed by atoms with E-state index >= 15 is 0 Å². The molecule has 2 aliphatic rings. The molecule has 1 N–H and O–H groups in total. The zero-order valence-corrected chi connectivity index (χ0v) is 10.5. The second-order valence-corrected chi connectivity index (χ2v) is 5.90. The summed E-state index contributed by atoms with van der Waals surface area (Å²) >= 11 is 1.81. The third kappa shape index (κ3) is 2.68. The van der Waals surface area contributed by atoms with Gasteiger partial charge < -0.3 is 5.32 Å². The standard InChI is InChI=1S/C12H21NOS/c1-3-11(7-15-2)13-12(14)10-5-8-4-9(8)6-10/h8-11H,3-7H2,1-2H3,(H,13,14). The van der Waals surface area contributed by atoms with Crippen LogP contribution in [0.15, 0.2) is 0 Å². The minimum atomic E-state index is 0.322. The number of nitrogens with one attached hydrogen (secondary N) is 1. The third-order valence-corrected chi connectivity index (χ3v) is 4.56. The van der Waals surface area contributed by atoms with E-state index in [4.69, 9.17) is 0 Å². The zero-order chi connectivity index (χ0) is 10.8. The molecule has 86 valence electrons. The van der Waals surface area contributed by atoms with Crippen molar-refractivity contribution in [1.82, 2.24) is 5.32 Å². The molecule has 2 aliphatic carbocycles. The van der Waals surface area contributed by atoms with Gasteiger partial charge in [-0.2, -0.15) is 11.8 Å². The molecule has 3 atom stereocenters. The van der Waals surface area contributed by atoms with E-state index in [0.717, 1.165) is 36.9 Å². The number of carbonyl (C=O) groups excluding carboxylic acids is 1. The number of amides is 1. The van der Waals surface area contributed by atoms with Crippen LogP contribution < -0.4 is 5.32 Å². The van der Waals surface area contributed by atoms with E-state index < -0.39 is 0 Å². The van der Waals surface area contributed by atoms with Crippen molar-refractivity contribution < 1.29 is 4.79 Å². The molecule has 3 heteroatoms. The van der Waals surface area contributed by atoms with Gasteiger partial charge >= 0.3 is 0 Å². The Morgan fingerprint density at radius 1 is 1.40 bits per heavy atom. The van der Waals surface area contributed by atoms with Crippen molar-refractivity contribution in [3.63, 3.8) is 0 Å². The quantitative estimate of drug-likeness (QED) is 0.781. The van der Waals surface area contributed by atoms with E-state index in [0.29, 0.717) is 17.9 Å². The highest BCUT2D eigenvalue weighted by Crippen LogP contribution is 2.54. The third-order valence-electron chi connectivity index (χ3n) is 3.82. The first kappa shape index (κ1) is 11.3. The van der Waals surface area contributed by atoms with Crippen LogP contribution in [0, 0.1) is 17.8 Å². The van der Waals surface area contributed by atoms with Crippen LogP contribution in [0.2, 0.25) is 0 Å². The van der Waals surface area contributed by atoms with Crippen molar-refractivity contribution in [1.29, 1.82) is 0 Å². The number of hydrogen-bond donors (Lipinski definition) is 1. The Bertz CT molecular complexity index is 234. The second-order valence-electron chi connectivity index (χ2n) is 4.99. The Kier molecular flexibility index (Phi) is 3.60. The molecule has 2 nitrogen and oxygen atoms in total. The minimum Gasteiger partial charge on any atom is -0.352 e. The van der Waals surface area contributed by atoms with Gasteiger partial charge in [0.05, 0.1) is 0 Å². The first-order valence-corrected chi connectivity index (χ1v) is 7.43. The summed E-state index contributed by atoms with van der Waals surface area (Å²) in [6.45, 7) is 2.15. The molecule has 2 saturated carbocycles. The van der Waals surface area contributed by atoms with Crippen LogP contribution in [0.5, 0.6) is 0 Å². The van der Waals surface area contributed by atoms with Gasteiger partial charge in [0, 0.05) is 17.7 Å². The Morgan fingerprint density at radius 2 is 2.07 bits per heavy atom. The summed E-state index contributed by atoms with van der Waals surface area (Å²) in [5.41, 5.74) is 0. The number of carbonyl (C=O) groups is 1. The van der Waals surface area contributed by atoms with Gasteiger partial charge in [-0.05, 0) is 43.8 Å². The molecule has 2 rings (SSSR count). The average Bonchev–Trinajstić information content (AvgIpc) is 2.85. The molecule has 0 bridgehead atoms. The SMILES string of the molecule is CCC(CSC)NC(=O)C1CC2CC2C1. The van der Waals surface area contributed by atoms with Crippen molar-refractivity contribution in [2.45, 2.75) is 38.6 Å². The average molecular weight is 227 g/mol. The molecule has 0 aromatic carbocycles. The Morgan fingerprint density at radius 3 is 2.60 bits per heavy atom. The molecule has 0 spiro atoms. The summed E-state index contributed by atoms with van der Waals surface area (Å²) < 4.78 is 0. The summed E-state index contributed by atoms with van der Waals surface area (Å²) in [7, 11) is 0. The van der Waals surface area contributed by atoms with Crippen molar-refractivity contribution in [2.24, 2.45) is 17.8 Å². The summed E-state index contributed by atoms with van der Waals surface area (Å²) in [6, 6.07) is 0.379. The lowest BCUT2D eigenvalue weighted by Gasteiger charge is -2.19. The van der Waals surface area contributed by atoms with Gasteiger partial charge in [0.2, 0.25) is 5.91 Å². The van der Waals surface area contributed by atoms with Crippen LogP contribution in [0.4, 0.5) is 0 Å². The molecule has 0 aromatic rings. The lowest BCUT2D eigenvalue weighted by molar-refractivity contribution is -0.125. The fourth-order valence-corrected chi connectivity index (χ4v) is 3.43. The van der Waals surface area contributed by atoms with Crippen LogP contribution in [0.3, 0.4) is 0 Å². The van der Waals surface area contributed by atoms with Crippen LogP contribution in [-0.2, 0) is 4.79 Å². The predicted molar refractivity (Wildman–Crippen MR) is 64.9 cm³/mol. The van der Waals surface area contributed by atoms with E-state index in [-0.39, 0.29) is 0 Å². The molecule has 1 amide bonds. The molecule has 0 aromatic heterocycles. The highest BCUT2D eigenvalue weighted by molar-refractivity contribution is 7.98. The summed E-state index contributed by atoms with van der Waals surface area (Å²) in [5, 5.41) is 3.19. The summed E-state index contributed by atoms with van der Waals surface area (Å²) in [4.78, 5) is 11.9. The Balaban J connectivity index is 1.75. The Labute approximate surface area is 96.6 Å². The number of rotatable bonds is 5. The largest absolute Gasteiger partial charge is 0.352 e. The van der Waals surface area contributed by atoms with E-state index in [1.165, 1.54) is 6.42 Å². The fraction of sp³-hybridized carbons (Fsp3) is 0.917. The molecule has 3 unspecified atom stereocenters. The molecule has 0 heterocycles. The van der Waals surface area contributed by atoms with Gasteiger partial charge in [0.1, 0.15) is 0 Å². The van der Waals surface area contributed by atoms with Crippen LogP contribution in [0.1, 0.15) is 32.6 Å². The van der Waals surface area contributed by atoms with Crippen LogP contribution in [-0.4, -0.2) is 24.0 Å². The maximum absolute atomic E-state index is 11.9. The molecule has 0 aliphatic heterocycles. The van der Waals surface area contributed by atoms with Crippen molar-refractivity contribution >= 4 is 17.7 Å². The van der Waals surface area contributed by atoms with E-state index in [2.05, 4.69) is 18.5 Å². The minimum absolute atomic E-state index is 0.322. The van der Waals surface area contributed by atoms with Gasteiger partial charge in [-0.3, -0.25) is 4.79 Å². The molecular weight excluding hydrogens is 206 g/mol. The monoisotopic (exact) mass is 227 g/mol. The fourth-order valence-electron chi connectivity index (χ4n) is 2.71. The first-order chi connectivity index (χ1) is 7.24. The van der Waals surface area contributed by atoms with E-state index in [1.807, 2.05) is 11.8 Å². The number of fused-ring (bicyclic) bond motifs is 1. The predicted octanol–water partition coefficient (Wildman–Crippen LogP) is 2.29. The molecular formula is C12H21NOS. The first-order valence-electron chi connectivity index (χ1n) is 6.03. The van der Waals surface area contributed by atoms with Gasteiger partial charge in [0.25, 0.3) is 0 Å². The van der Waals surface area contributed by atoms with Crippen molar-refractivity contribution in [3.05, 3.63) is 0 Å². The summed E-state index contributed by atoms with van der Waals surface area (Å²) in [5.74, 6) is 3.51. The smallest absolute Gasteiger partial charge is 0.223 e. The van der Waals surface area contributed by atoms with Gasteiger partial charge in [-0.1, -0.05) is 6.92 Å². The van der Waals surface area contributed by atoms with Crippen molar-refractivity contribution in [2.75, 3.05) is 12.0 Å². The van der Waals surface area contributed by atoms with Crippen LogP contribution >= 0.6 is 11.8 Å². The van der Waals surface area contributed by atoms with Crippen molar-refractivity contribution in [3.8, 4) is 0 Å². The maximum atomic E-state index is 11.9. The topological polar surface area (TPSA) is 29.1 Å². The van der Waals surface area contributed by atoms with Gasteiger partial charge in [-0.15, -0.1) is 0 Å². The molecule has 0 saturated heterocycles. The Hall–Kier alpha value is -0.180. The second kappa shape index (κ2) is 4.77. The maximum Gasteiger partial charge on any atom is 0.223 e. The number of thioether (sulfide) groups is 1. The van der Waals surface area contributed by atoms with Gasteiger partial charge in [0.15, 0.2) is 0 Å². The lowest BCUT2D eigenvalue weighted by atomic mass is 10.0. The normalized spacial score (nSPS) is 34.7. The highest BCUT2D eigenvalue weighted by atomic mass is 32.2. The molecule has 0 radical (unpaired) electrons. The van der Waals surface area contributed by atoms with Crippen LogP contribution in [0.25, 0.3) is 0 Å².